The molecule has 0 amide bonds. The molecule has 9 heteroatoms. The summed E-state index contributed by atoms with van der Waals surface area (Å²) in [6, 6.07) is 8.75. The van der Waals surface area contributed by atoms with Crippen LogP contribution in [0.4, 0.5) is 17.6 Å². The first-order valence-electron chi connectivity index (χ1n) is 8.82. The van der Waals surface area contributed by atoms with Crippen LogP contribution in [0.1, 0.15) is 22.5 Å². The molecular weight excluding hydrogens is 398 g/mol. The predicted molar refractivity (Wildman–Crippen MR) is 101 cm³/mol. The van der Waals surface area contributed by atoms with Gasteiger partial charge in [-0.15, -0.1) is 0 Å². The summed E-state index contributed by atoms with van der Waals surface area (Å²) < 4.78 is 56.4. The minimum absolute atomic E-state index is 0.0298. The van der Waals surface area contributed by atoms with Crippen LogP contribution in [0.5, 0.6) is 0 Å². The minimum atomic E-state index is -4.71. The fraction of sp³-hybridized carbons (Fsp3) is 0.143. The zero-order chi connectivity index (χ0) is 21.5. The summed E-state index contributed by atoms with van der Waals surface area (Å²) in [7, 11) is 0. The normalized spacial score (nSPS) is 11.6. The van der Waals surface area contributed by atoms with E-state index in [2.05, 4.69) is 15.1 Å². The van der Waals surface area contributed by atoms with Gasteiger partial charge in [0.15, 0.2) is 5.69 Å². The van der Waals surface area contributed by atoms with E-state index in [1.807, 2.05) is 6.07 Å². The van der Waals surface area contributed by atoms with Crippen molar-refractivity contribution in [2.45, 2.75) is 19.6 Å². The molecular formula is C21H13F4N5. The van der Waals surface area contributed by atoms with Crippen molar-refractivity contribution >= 4 is 10.9 Å². The van der Waals surface area contributed by atoms with Gasteiger partial charge in [-0.2, -0.15) is 23.5 Å². The Bertz CT molecular complexity index is 1300. The summed E-state index contributed by atoms with van der Waals surface area (Å²) in [5, 5.41) is 13.4. The van der Waals surface area contributed by atoms with E-state index in [0.717, 1.165) is 0 Å². The Morgan fingerprint density at radius 3 is 2.67 bits per heavy atom. The molecule has 0 spiro atoms. The van der Waals surface area contributed by atoms with E-state index in [9.17, 15) is 22.8 Å². The van der Waals surface area contributed by atoms with Gasteiger partial charge in [0.05, 0.1) is 17.6 Å². The SMILES string of the molecule is Cc1c(-c2ccnc3cc(F)ccc23)c(C(F)(F)F)nn1Cc1ccncc1C#N. The fourth-order valence-electron chi connectivity index (χ4n) is 3.38. The lowest BCUT2D eigenvalue weighted by Crippen LogP contribution is -2.10. The molecule has 0 saturated carbocycles. The molecule has 0 saturated heterocycles. The highest BCUT2D eigenvalue weighted by molar-refractivity contribution is 5.95. The van der Waals surface area contributed by atoms with E-state index >= 15 is 0 Å². The van der Waals surface area contributed by atoms with Crippen molar-refractivity contribution in [3.8, 4) is 17.2 Å². The average molecular weight is 411 g/mol. The molecule has 3 aromatic heterocycles. The molecule has 0 atom stereocenters. The summed E-state index contributed by atoms with van der Waals surface area (Å²) in [4.78, 5) is 7.92. The second-order valence-corrected chi connectivity index (χ2v) is 6.63. The standard InChI is InChI=1S/C21H13F4N5/c1-12-19(17-5-7-28-18-8-15(22)2-3-16(17)18)20(21(23,24)25)29-30(12)11-13-4-6-27-10-14(13)9-26/h2-8,10H,11H2,1H3. The number of pyridine rings is 2. The molecule has 0 aliphatic heterocycles. The smallest absolute Gasteiger partial charge is 0.264 e. The Kier molecular flexibility index (Phi) is 4.70. The highest BCUT2D eigenvalue weighted by Gasteiger charge is 2.39. The van der Waals surface area contributed by atoms with E-state index in [1.54, 1.807) is 6.07 Å². The Morgan fingerprint density at radius 1 is 1.13 bits per heavy atom. The van der Waals surface area contributed by atoms with Crippen LogP contribution in [0.15, 0.2) is 48.9 Å². The molecule has 3 heterocycles. The maximum Gasteiger partial charge on any atom is 0.435 e. The number of alkyl halides is 3. The zero-order valence-corrected chi connectivity index (χ0v) is 15.6. The maximum atomic E-state index is 13.9. The molecule has 0 radical (unpaired) electrons. The lowest BCUT2D eigenvalue weighted by atomic mass is 9.99. The number of fused-ring (bicyclic) bond motifs is 1. The van der Waals surface area contributed by atoms with Crippen LogP contribution >= 0.6 is 0 Å². The van der Waals surface area contributed by atoms with Crippen molar-refractivity contribution in [2.24, 2.45) is 0 Å². The van der Waals surface area contributed by atoms with E-state index in [4.69, 9.17) is 0 Å². The Balaban J connectivity index is 1.94. The number of hydrogen-bond donors (Lipinski definition) is 0. The van der Waals surface area contributed by atoms with Gasteiger partial charge >= 0.3 is 6.18 Å². The Hall–Kier alpha value is -3.80. The minimum Gasteiger partial charge on any atom is -0.264 e. The molecule has 0 fully saturated rings. The maximum absolute atomic E-state index is 13.9. The van der Waals surface area contributed by atoms with Crippen LogP contribution < -0.4 is 0 Å². The molecule has 4 aromatic rings. The number of aromatic nitrogens is 4. The van der Waals surface area contributed by atoms with Gasteiger partial charge in [0, 0.05) is 41.3 Å². The van der Waals surface area contributed by atoms with Gasteiger partial charge in [0.25, 0.3) is 0 Å². The second-order valence-electron chi connectivity index (χ2n) is 6.63. The van der Waals surface area contributed by atoms with Crippen LogP contribution in [0.2, 0.25) is 0 Å². The molecule has 0 bridgehead atoms. The number of hydrogen-bond acceptors (Lipinski definition) is 4. The average Bonchev–Trinajstić information content (AvgIpc) is 3.04. The first kappa shape index (κ1) is 19.5. The molecule has 1 aromatic carbocycles. The molecule has 0 aliphatic rings. The number of halogens is 4. The number of nitriles is 1. The summed E-state index contributed by atoms with van der Waals surface area (Å²) in [5.74, 6) is -0.530. The summed E-state index contributed by atoms with van der Waals surface area (Å²) in [6.07, 6.45) is -0.557. The Labute approximate surface area is 168 Å². The third-order valence-electron chi connectivity index (χ3n) is 4.80. The third kappa shape index (κ3) is 3.37. The largest absolute Gasteiger partial charge is 0.435 e. The van der Waals surface area contributed by atoms with Gasteiger partial charge in [-0.3, -0.25) is 14.6 Å². The van der Waals surface area contributed by atoms with Crippen molar-refractivity contribution in [3.05, 3.63) is 77.3 Å². The molecule has 30 heavy (non-hydrogen) atoms. The van der Waals surface area contributed by atoms with Crippen LogP contribution in [0.3, 0.4) is 0 Å². The quantitative estimate of drug-likeness (QED) is 0.451. The fourth-order valence-corrected chi connectivity index (χ4v) is 3.38. The lowest BCUT2D eigenvalue weighted by molar-refractivity contribution is -0.141. The van der Waals surface area contributed by atoms with E-state index in [-0.39, 0.29) is 34.4 Å². The van der Waals surface area contributed by atoms with Crippen molar-refractivity contribution in [3.63, 3.8) is 0 Å². The second kappa shape index (κ2) is 7.22. The lowest BCUT2D eigenvalue weighted by Gasteiger charge is -2.10. The summed E-state index contributed by atoms with van der Waals surface area (Å²) >= 11 is 0. The van der Waals surface area contributed by atoms with Crippen molar-refractivity contribution in [1.29, 1.82) is 5.26 Å². The number of nitrogens with zero attached hydrogens (tertiary/aromatic N) is 5. The molecule has 5 nitrogen and oxygen atoms in total. The summed E-state index contributed by atoms with van der Waals surface area (Å²) in [6.45, 7) is 1.50. The topological polar surface area (TPSA) is 67.4 Å². The van der Waals surface area contributed by atoms with Gasteiger partial charge < -0.3 is 0 Å². The van der Waals surface area contributed by atoms with Crippen LogP contribution in [0.25, 0.3) is 22.0 Å². The molecule has 0 N–H and O–H groups in total. The Morgan fingerprint density at radius 2 is 1.93 bits per heavy atom. The van der Waals surface area contributed by atoms with Crippen LogP contribution in [-0.4, -0.2) is 19.7 Å². The van der Waals surface area contributed by atoms with Gasteiger partial charge in [0.2, 0.25) is 0 Å². The number of benzene rings is 1. The predicted octanol–water partition coefficient (Wildman–Crippen LogP) is 4.88. The van der Waals surface area contributed by atoms with Gasteiger partial charge in [-0.1, -0.05) is 0 Å². The summed E-state index contributed by atoms with van der Waals surface area (Å²) in [5.41, 5.74) is 0.366. The van der Waals surface area contributed by atoms with E-state index in [1.165, 1.54) is 54.5 Å². The van der Waals surface area contributed by atoms with Gasteiger partial charge in [-0.25, -0.2) is 4.39 Å². The van der Waals surface area contributed by atoms with Crippen molar-refractivity contribution in [1.82, 2.24) is 19.7 Å². The molecule has 0 aliphatic carbocycles. The van der Waals surface area contributed by atoms with Crippen LogP contribution in [-0.2, 0) is 12.7 Å². The molecule has 4 rings (SSSR count). The third-order valence-corrected chi connectivity index (χ3v) is 4.80. The van der Waals surface area contributed by atoms with Gasteiger partial charge in [-0.05, 0) is 42.3 Å². The molecule has 0 unspecified atom stereocenters. The first-order chi connectivity index (χ1) is 14.3. The molecule has 150 valence electrons. The highest BCUT2D eigenvalue weighted by Crippen LogP contribution is 2.40. The highest BCUT2D eigenvalue weighted by atomic mass is 19.4. The first-order valence-corrected chi connectivity index (χ1v) is 8.82. The van der Waals surface area contributed by atoms with Crippen molar-refractivity contribution in [2.75, 3.05) is 0 Å². The van der Waals surface area contributed by atoms with E-state index < -0.39 is 17.7 Å². The van der Waals surface area contributed by atoms with Crippen LogP contribution in [0, 0.1) is 24.1 Å². The van der Waals surface area contributed by atoms with Crippen molar-refractivity contribution < 1.29 is 17.6 Å². The van der Waals surface area contributed by atoms with Gasteiger partial charge in [0.1, 0.15) is 11.9 Å². The monoisotopic (exact) mass is 411 g/mol. The zero-order valence-electron chi connectivity index (χ0n) is 15.6. The number of rotatable bonds is 3. The van der Waals surface area contributed by atoms with E-state index in [0.29, 0.717) is 10.9 Å².